The van der Waals surface area contributed by atoms with Crippen LogP contribution in [0.4, 0.5) is 14.5 Å². The molecule has 0 radical (unpaired) electrons. The molecular formula is C34H25F2N3. The first-order valence-electron chi connectivity index (χ1n) is 12.7. The number of halogens is 2. The maximum absolute atomic E-state index is 15.1. The molecule has 1 heterocycles. The second kappa shape index (κ2) is 10.0. The van der Waals surface area contributed by atoms with Crippen LogP contribution in [0.15, 0.2) is 127 Å². The van der Waals surface area contributed by atoms with Gasteiger partial charge in [0.25, 0.3) is 0 Å². The van der Waals surface area contributed by atoms with E-state index in [2.05, 4.69) is 36.4 Å². The van der Waals surface area contributed by atoms with Crippen molar-refractivity contribution in [3.63, 3.8) is 0 Å². The highest BCUT2D eigenvalue weighted by Crippen LogP contribution is 2.43. The number of aromatic nitrogens is 2. The van der Waals surface area contributed by atoms with Gasteiger partial charge in [0.05, 0.1) is 16.9 Å². The van der Waals surface area contributed by atoms with Crippen molar-refractivity contribution in [3.05, 3.63) is 167 Å². The molecule has 0 amide bonds. The second-order valence-corrected chi connectivity index (χ2v) is 9.35. The van der Waals surface area contributed by atoms with Crippen molar-refractivity contribution in [2.45, 2.75) is 5.54 Å². The van der Waals surface area contributed by atoms with Gasteiger partial charge in [-0.1, -0.05) is 109 Å². The van der Waals surface area contributed by atoms with Crippen LogP contribution in [0.2, 0.25) is 0 Å². The monoisotopic (exact) mass is 513 g/mol. The van der Waals surface area contributed by atoms with Crippen molar-refractivity contribution < 1.29 is 8.78 Å². The molecule has 3 nitrogen and oxygen atoms in total. The molecule has 0 atom stereocenters. The van der Waals surface area contributed by atoms with Crippen LogP contribution in [0, 0.1) is 11.6 Å². The third-order valence-electron chi connectivity index (χ3n) is 7.05. The zero-order valence-corrected chi connectivity index (χ0v) is 21.0. The van der Waals surface area contributed by atoms with Crippen LogP contribution in [0.25, 0.3) is 23.1 Å². The Labute approximate surface area is 225 Å². The van der Waals surface area contributed by atoms with E-state index in [0.717, 1.165) is 16.7 Å². The van der Waals surface area contributed by atoms with E-state index in [0.29, 0.717) is 22.2 Å². The van der Waals surface area contributed by atoms with Crippen molar-refractivity contribution in [3.8, 4) is 0 Å². The molecule has 0 aliphatic carbocycles. The van der Waals surface area contributed by atoms with Crippen LogP contribution >= 0.6 is 0 Å². The van der Waals surface area contributed by atoms with Gasteiger partial charge in [0, 0.05) is 17.0 Å². The Hall–Kier alpha value is -5.03. The van der Waals surface area contributed by atoms with Crippen LogP contribution in [-0.4, -0.2) is 9.78 Å². The van der Waals surface area contributed by atoms with E-state index >= 15 is 4.39 Å². The summed E-state index contributed by atoms with van der Waals surface area (Å²) in [5.41, 5.74) is 9.51. The molecule has 1 aromatic heterocycles. The van der Waals surface area contributed by atoms with Crippen molar-refractivity contribution in [2.24, 2.45) is 0 Å². The Morgan fingerprint density at radius 2 is 1.13 bits per heavy atom. The lowest BCUT2D eigenvalue weighted by Crippen LogP contribution is -2.38. The summed E-state index contributed by atoms with van der Waals surface area (Å²) in [6.45, 7) is 0. The lowest BCUT2D eigenvalue weighted by molar-refractivity contribution is 0.474. The molecule has 190 valence electrons. The van der Waals surface area contributed by atoms with Gasteiger partial charge in [0.2, 0.25) is 0 Å². The van der Waals surface area contributed by atoms with E-state index in [-0.39, 0.29) is 11.5 Å². The highest BCUT2D eigenvalue weighted by Gasteiger charge is 2.40. The van der Waals surface area contributed by atoms with E-state index in [9.17, 15) is 4.39 Å². The molecule has 5 heteroatoms. The lowest BCUT2D eigenvalue weighted by Gasteiger charge is -2.37. The van der Waals surface area contributed by atoms with Gasteiger partial charge in [-0.3, -0.25) is 0 Å². The van der Waals surface area contributed by atoms with E-state index < -0.39 is 11.4 Å². The van der Waals surface area contributed by atoms with E-state index in [1.54, 1.807) is 36.4 Å². The Morgan fingerprint density at radius 3 is 1.67 bits per heavy atom. The predicted octanol–water partition coefficient (Wildman–Crippen LogP) is 7.91. The summed E-state index contributed by atoms with van der Waals surface area (Å²) >= 11 is 0. The molecular weight excluding hydrogens is 488 g/mol. The fraction of sp³-hybridized carbons (Fsp3) is 0.0294. The number of anilines is 1. The molecule has 39 heavy (non-hydrogen) atoms. The molecule has 0 aliphatic heterocycles. The number of fused-ring (bicyclic) bond motifs is 1. The third-order valence-corrected chi connectivity index (χ3v) is 7.05. The highest BCUT2D eigenvalue weighted by atomic mass is 19.1. The van der Waals surface area contributed by atoms with Crippen LogP contribution in [0.1, 0.15) is 27.9 Å². The minimum absolute atomic E-state index is 0.0207. The molecule has 0 saturated heterocycles. The number of rotatable bonds is 6. The van der Waals surface area contributed by atoms with Crippen molar-refractivity contribution in [1.82, 2.24) is 9.78 Å². The first-order chi connectivity index (χ1) is 19.1. The standard InChI is InChI=1S/C34H25F2N3/c35-29-19-11-10-12-24(29)20-21-32-28-22-31(37)30(36)23-33(28)39(38-32)34(25-13-4-1-5-14-25,26-15-6-2-7-16-26)27-17-8-3-9-18-27/h1-23H,37H2. The maximum Gasteiger partial charge on any atom is 0.148 e. The summed E-state index contributed by atoms with van der Waals surface area (Å²) in [7, 11) is 0. The number of benzene rings is 5. The van der Waals surface area contributed by atoms with E-state index in [1.165, 1.54) is 12.1 Å². The quantitative estimate of drug-likeness (QED) is 0.182. The summed E-state index contributed by atoms with van der Waals surface area (Å²) in [5, 5.41) is 5.76. The van der Waals surface area contributed by atoms with Crippen LogP contribution in [-0.2, 0) is 5.54 Å². The van der Waals surface area contributed by atoms with Gasteiger partial charge in [0.15, 0.2) is 0 Å². The number of nitrogens with two attached hydrogens (primary N) is 1. The Morgan fingerprint density at radius 1 is 0.615 bits per heavy atom. The van der Waals surface area contributed by atoms with Crippen LogP contribution < -0.4 is 5.73 Å². The van der Waals surface area contributed by atoms with Crippen molar-refractivity contribution in [2.75, 3.05) is 5.73 Å². The number of hydrogen-bond acceptors (Lipinski definition) is 2. The second-order valence-electron chi connectivity index (χ2n) is 9.35. The number of nitrogen functional groups attached to an aromatic ring is 1. The van der Waals surface area contributed by atoms with Gasteiger partial charge in [-0.25, -0.2) is 13.5 Å². The Bertz CT molecular complexity index is 1680. The molecule has 5 aromatic carbocycles. The zero-order valence-electron chi connectivity index (χ0n) is 21.0. The first kappa shape index (κ1) is 24.3. The van der Waals surface area contributed by atoms with Gasteiger partial charge < -0.3 is 5.73 Å². The van der Waals surface area contributed by atoms with Gasteiger partial charge in [-0.2, -0.15) is 5.10 Å². The fourth-order valence-electron chi connectivity index (χ4n) is 5.24. The third kappa shape index (κ3) is 4.18. The predicted molar refractivity (Wildman–Crippen MR) is 154 cm³/mol. The van der Waals surface area contributed by atoms with Gasteiger partial charge in [-0.15, -0.1) is 0 Å². The minimum Gasteiger partial charge on any atom is -0.396 e. The highest BCUT2D eigenvalue weighted by molar-refractivity contribution is 5.92. The average molecular weight is 514 g/mol. The summed E-state index contributed by atoms with van der Waals surface area (Å²) in [5.74, 6) is -0.869. The van der Waals surface area contributed by atoms with Crippen molar-refractivity contribution >= 4 is 28.7 Å². The maximum atomic E-state index is 15.1. The lowest BCUT2D eigenvalue weighted by atomic mass is 9.77. The Balaban J connectivity index is 1.73. The smallest absolute Gasteiger partial charge is 0.148 e. The molecule has 0 unspecified atom stereocenters. The van der Waals surface area contributed by atoms with Gasteiger partial charge in [0.1, 0.15) is 17.2 Å². The average Bonchev–Trinajstić information content (AvgIpc) is 3.32. The molecule has 0 fully saturated rings. The zero-order chi connectivity index (χ0) is 26.8. The van der Waals surface area contributed by atoms with E-state index in [4.69, 9.17) is 10.8 Å². The largest absolute Gasteiger partial charge is 0.396 e. The molecule has 2 N–H and O–H groups in total. The SMILES string of the molecule is Nc1cc2c(C=Cc3ccccc3F)nn(C(c3ccccc3)(c3ccccc3)c3ccccc3)c2cc1F. The summed E-state index contributed by atoms with van der Waals surface area (Å²) in [4.78, 5) is 0. The number of hydrogen-bond donors (Lipinski definition) is 1. The number of nitrogens with zero attached hydrogens (tertiary/aromatic N) is 2. The van der Waals surface area contributed by atoms with Crippen LogP contribution in [0.5, 0.6) is 0 Å². The molecule has 0 saturated carbocycles. The summed E-state index contributed by atoms with van der Waals surface area (Å²) in [6.07, 6.45) is 3.43. The molecule has 6 rings (SSSR count). The molecule has 0 aliphatic rings. The fourth-order valence-corrected chi connectivity index (χ4v) is 5.24. The molecule has 6 aromatic rings. The Kier molecular flexibility index (Phi) is 6.25. The normalized spacial score (nSPS) is 11.8. The molecule has 0 bridgehead atoms. The van der Waals surface area contributed by atoms with E-state index in [1.807, 2.05) is 59.3 Å². The summed E-state index contributed by atoms with van der Waals surface area (Å²) in [6, 6.07) is 39.7. The van der Waals surface area contributed by atoms with Crippen molar-refractivity contribution in [1.29, 1.82) is 0 Å². The topological polar surface area (TPSA) is 43.8 Å². The molecule has 0 spiro atoms. The van der Waals surface area contributed by atoms with Gasteiger partial charge in [-0.05, 0) is 41.0 Å². The minimum atomic E-state index is -0.950. The van der Waals surface area contributed by atoms with Crippen LogP contribution in [0.3, 0.4) is 0 Å². The van der Waals surface area contributed by atoms with Gasteiger partial charge >= 0.3 is 0 Å². The first-order valence-corrected chi connectivity index (χ1v) is 12.7. The summed E-state index contributed by atoms with van der Waals surface area (Å²) < 4.78 is 31.4.